The van der Waals surface area contributed by atoms with Crippen molar-refractivity contribution in [1.29, 1.82) is 0 Å². The summed E-state index contributed by atoms with van der Waals surface area (Å²) in [4.78, 5) is 25.3. The highest BCUT2D eigenvalue weighted by Crippen LogP contribution is 2.25. The summed E-state index contributed by atoms with van der Waals surface area (Å²) in [5.41, 5.74) is 1.57. The van der Waals surface area contributed by atoms with Gasteiger partial charge in [-0.05, 0) is 24.6 Å². The molecule has 0 bridgehead atoms. The van der Waals surface area contributed by atoms with Crippen molar-refractivity contribution in [2.45, 2.75) is 6.92 Å². The van der Waals surface area contributed by atoms with Gasteiger partial charge >= 0.3 is 0 Å². The number of hydrogen-bond donors (Lipinski definition) is 2. The Morgan fingerprint density at radius 1 is 1.28 bits per heavy atom. The Morgan fingerprint density at radius 2 is 2.06 bits per heavy atom. The van der Waals surface area contributed by atoms with E-state index < -0.39 is 0 Å². The van der Waals surface area contributed by atoms with Crippen LogP contribution >= 0.6 is 11.6 Å². The molecule has 4 nitrogen and oxygen atoms in total. The van der Waals surface area contributed by atoms with E-state index in [1.165, 1.54) is 18.3 Å². The van der Waals surface area contributed by atoms with E-state index in [0.29, 0.717) is 16.3 Å². The first-order chi connectivity index (χ1) is 8.58. The zero-order valence-corrected chi connectivity index (χ0v) is 10.4. The first-order valence-electron chi connectivity index (χ1n) is 5.33. The number of halogens is 1. The Balaban J connectivity index is 2.27. The van der Waals surface area contributed by atoms with Gasteiger partial charge in [0, 0.05) is 12.3 Å². The minimum absolute atomic E-state index is 0.250. The van der Waals surface area contributed by atoms with Crippen molar-refractivity contribution in [1.82, 2.24) is 4.98 Å². The van der Waals surface area contributed by atoms with Crippen LogP contribution in [0.3, 0.4) is 0 Å². The van der Waals surface area contributed by atoms with Gasteiger partial charge in [-0.3, -0.25) is 9.59 Å². The Kier molecular flexibility index (Phi) is 3.48. The zero-order valence-electron chi connectivity index (χ0n) is 9.66. The summed E-state index contributed by atoms with van der Waals surface area (Å²) in [5, 5.41) is 3.20. The fraction of sp³-hybridized carbons (Fsp3) is 0.0769. The molecule has 0 aliphatic carbocycles. The number of nitrogens with one attached hydrogen (secondary N) is 2. The number of anilines is 1. The van der Waals surface area contributed by atoms with E-state index in [1.54, 1.807) is 6.07 Å². The molecule has 0 saturated heterocycles. The Bertz CT molecular complexity index is 609. The number of amides is 1. The van der Waals surface area contributed by atoms with Crippen LogP contribution < -0.4 is 10.9 Å². The largest absolute Gasteiger partial charge is 0.328 e. The molecule has 2 N–H and O–H groups in total. The number of carbonyl (C=O) groups is 1. The summed E-state index contributed by atoms with van der Waals surface area (Å²) in [7, 11) is 0. The van der Waals surface area contributed by atoms with Crippen molar-refractivity contribution in [3.05, 3.63) is 63.0 Å². The molecule has 1 heterocycles. The van der Waals surface area contributed by atoms with Crippen LogP contribution in [0.1, 0.15) is 15.9 Å². The fourth-order valence-electron chi connectivity index (χ4n) is 1.53. The highest BCUT2D eigenvalue weighted by atomic mass is 35.5. The van der Waals surface area contributed by atoms with E-state index in [9.17, 15) is 9.59 Å². The lowest BCUT2D eigenvalue weighted by Crippen LogP contribution is -2.15. The molecule has 0 aliphatic heterocycles. The number of H-pyrrole nitrogens is 1. The van der Waals surface area contributed by atoms with Crippen LogP contribution in [0.15, 0.2) is 41.3 Å². The maximum atomic E-state index is 11.9. The SMILES string of the molecule is Cc1cccc(Cl)c1NC(=O)c1ccc(=O)[nH]c1. The van der Waals surface area contributed by atoms with Crippen LogP contribution in [0.5, 0.6) is 0 Å². The topological polar surface area (TPSA) is 62.0 Å². The molecule has 5 heteroatoms. The number of benzene rings is 1. The van der Waals surface area contributed by atoms with Gasteiger partial charge in [0.05, 0.1) is 16.3 Å². The second kappa shape index (κ2) is 5.06. The van der Waals surface area contributed by atoms with Crippen LogP contribution in [-0.2, 0) is 0 Å². The van der Waals surface area contributed by atoms with Gasteiger partial charge in [-0.2, -0.15) is 0 Å². The van der Waals surface area contributed by atoms with E-state index in [0.717, 1.165) is 5.56 Å². The lowest BCUT2D eigenvalue weighted by molar-refractivity contribution is 0.102. The van der Waals surface area contributed by atoms with Crippen LogP contribution in [0.25, 0.3) is 0 Å². The quantitative estimate of drug-likeness (QED) is 0.874. The Hall–Kier alpha value is -2.07. The fourth-order valence-corrected chi connectivity index (χ4v) is 1.80. The molecule has 0 fully saturated rings. The second-order valence-electron chi connectivity index (χ2n) is 3.83. The highest BCUT2D eigenvalue weighted by Gasteiger charge is 2.10. The number of aromatic nitrogens is 1. The first-order valence-corrected chi connectivity index (χ1v) is 5.71. The van der Waals surface area contributed by atoms with Gasteiger partial charge in [-0.15, -0.1) is 0 Å². The molecule has 1 aromatic heterocycles. The minimum atomic E-state index is -0.317. The molecular weight excluding hydrogens is 252 g/mol. The highest BCUT2D eigenvalue weighted by molar-refractivity contribution is 6.34. The molecule has 2 aromatic rings. The summed E-state index contributed by atoms with van der Waals surface area (Å²) in [6.45, 7) is 1.86. The second-order valence-corrected chi connectivity index (χ2v) is 4.23. The maximum Gasteiger partial charge on any atom is 0.257 e. The van der Waals surface area contributed by atoms with Crippen molar-refractivity contribution in [3.8, 4) is 0 Å². The molecule has 1 aromatic carbocycles. The Labute approximate surface area is 109 Å². The molecular formula is C13H11ClN2O2. The molecule has 2 rings (SSSR count). The van der Waals surface area contributed by atoms with Gasteiger partial charge in [-0.1, -0.05) is 23.7 Å². The third-order valence-corrected chi connectivity index (χ3v) is 2.82. The monoisotopic (exact) mass is 262 g/mol. The standard InChI is InChI=1S/C13H11ClN2O2/c1-8-3-2-4-10(14)12(8)16-13(18)9-5-6-11(17)15-7-9/h2-7H,1H3,(H,15,17)(H,16,18). The lowest BCUT2D eigenvalue weighted by atomic mass is 10.2. The van der Waals surface area contributed by atoms with Gasteiger partial charge in [0.2, 0.25) is 5.56 Å². The van der Waals surface area contributed by atoms with E-state index in [-0.39, 0.29) is 11.5 Å². The van der Waals surface area contributed by atoms with Crippen molar-refractivity contribution < 1.29 is 4.79 Å². The van der Waals surface area contributed by atoms with Crippen LogP contribution in [0, 0.1) is 6.92 Å². The summed E-state index contributed by atoms with van der Waals surface area (Å²) < 4.78 is 0. The summed E-state index contributed by atoms with van der Waals surface area (Å²) in [5.74, 6) is -0.317. The van der Waals surface area contributed by atoms with Crippen molar-refractivity contribution in [2.75, 3.05) is 5.32 Å². The molecule has 0 atom stereocenters. The average molecular weight is 263 g/mol. The molecule has 92 valence electrons. The zero-order chi connectivity index (χ0) is 13.1. The minimum Gasteiger partial charge on any atom is -0.328 e. The molecule has 0 saturated carbocycles. The number of pyridine rings is 1. The summed E-state index contributed by atoms with van der Waals surface area (Å²) in [6.07, 6.45) is 1.36. The van der Waals surface area contributed by atoms with E-state index in [4.69, 9.17) is 11.6 Å². The number of carbonyl (C=O) groups excluding carboxylic acids is 1. The number of hydrogen-bond acceptors (Lipinski definition) is 2. The van der Waals surface area contributed by atoms with Gasteiger partial charge in [0.25, 0.3) is 5.91 Å². The van der Waals surface area contributed by atoms with E-state index in [1.807, 2.05) is 19.1 Å². The first kappa shape index (κ1) is 12.4. The third-order valence-electron chi connectivity index (χ3n) is 2.51. The lowest BCUT2D eigenvalue weighted by Gasteiger charge is -2.09. The van der Waals surface area contributed by atoms with Crippen LogP contribution in [0.2, 0.25) is 5.02 Å². The van der Waals surface area contributed by atoms with E-state index in [2.05, 4.69) is 10.3 Å². The Morgan fingerprint density at radius 3 is 2.67 bits per heavy atom. The van der Waals surface area contributed by atoms with Crippen LogP contribution in [-0.4, -0.2) is 10.9 Å². The smallest absolute Gasteiger partial charge is 0.257 e. The predicted molar refractivity (Wildman–Crippen MR) is 71.2 cm³/mol. The number of aromatic amines is 1. The van der Waals surface area contributed by atoms with E-state index >= 15 is 0 Å². The molecule has 0 aliphatic rings. The molecule has 18 heavy (non-hydrogen) atoms. The average Bonchev–Trinajstić information content (AvgIpc) is 2.34. The van der Waals surface area contributed by atoms with Crippen molar-refractivity contribution in [2.24, 2.45) is 0 Å². The molecule has 0 unspecified atom stereocenters. The number of rotatable bonds is 2. The molecule has 0 spiro atoms. The van der Waals surface area contributed by atoms with Crippen molar-refractivity contribution >= 4 is 23.2 Å². The van der Waals surface area contributed by atoms with Gasteiger partial charge in [0.1, 0.15) is 0 Å². The number of aryl methyl sites for hydroxylation is 1. The van der Waals surface area contributed by atoms with Gasteiger partial charge < -0.3 is 10.3 Å². The van der Waals surface area contributed by atoms with Gasteiger partial charge in [-0.25, -0.2) is 0 Å². The summed E-state index contributed by atoms with van der Waals surface area (Å²) >= 11 is 6.01. The summed E-state index contributed by atoms with van der Waals surface area (Å²) in [6, 6.07) is 8.13. The third kappa shape index (κ3) is 2.60. The maximum absolute atomic E-state index is 11.9. The normalized spacial score (nSPS) is 10.1. The number of para-hydroxylation sites is 1. The van der Waals surface area contributed by atoms with Gasteiger partial charge in [0.15, 0.2) is 0 Å². The molecule has 0 radical (unpaired) electrons. The van der Waals surface area contributed by atoms with Crippen molar-refractivity contribution in [3.63, 3.8) is 0 Å². The molecule has 1 amide bonds. The predicted octanol–water partition coefficient (Wildman–Crippen LogP) is 2.59. The van der Waals surface area contributed by atoms with Crippen LogP contribution in [0.4, 0.5) is 5.69 Å².